The summed E-state index contributed by atoms with van der Waals surface area (Å²) in [4.78, 5) is 12.6. The number of carbonyl (C=O) groups is 1. The Balaban J connectivity index is 2.10. The number of halogens is 2. The van der Waals surface area contributed by atoms with Crippen LogP contribution < -0.4 is 5.32 Å². The molecule has 0 bridgehead atoms. The molecule has 0 aliphatic carbocycles. The summed E-state index contributed by atoms with van der Waals surface area (Å²) in [6.45, 7) is 1.95. The number of amides is 1. The average Bonchev–Trinajstić information content (AvgIpc) is 2.76. The molecule has 0 aliphatic rings. The lowest BCUT2D eigenvalue weighted by Crippen LogP contribution is -2.26. The number of hydrogen-bond donors (Lipinski definition) is 1. The van der Waals surface area contributed by atoms with E-state index in [0.717, 1.165) is 10.0 Å². The van der Waals surface area contributed by atoms with Gasteiger partial charge in [-0.3, -0.25) is 4.79 Å². The van der Waals surface area contributed by atoms with E-state index in [1.807, 2.05) is 31.2 Å². The Morgan fingerprint density at radius 1 is 1.33 bits per heavy atom. The van der Waals surface area contributed by atoms with Crippen LogP contribution in [0.25, 0.3) is 0 Å². The first-order valence-electron chi connectivity index (χ1n) is 5.38. The van der Waals surface area contributed by atoms with Crippen molar-refractivity contribution in [2.45, 2.75) is 13.0 Å². The van der Waals surface area contributed by atoms with Crippen molar-refractivity contribution in [3.63, 3.8) is 0 Å². The van der Waals surface area contributed by atoms with Gasteiger partial charge in [0.15, 0.2) is 0 Å². The van der Waals surface area contributed by atoms with E-state index in [0.29, 0.717) is 9.21 Å². The molecule has 0 fully saturated rings. The summed E-state index contributed by atoms with van der Waals surface area (Å²) < 4.78 is 1.61. The number of nitrogens with one attached hydrogen (secondary N) is 1. The van der Waals surface area contributed by atoms with Crippen molar-refractivity contribution < 1.29 is 4.79 Å². The molecule has 0 unspecified atom stereocenters. The molecule has 0 saturated carbocycles. The average molecular weight is 345 g/mol. The normalized spacial score (nSPS) is 12.2. The maximum atomic E-state index is 12.0. The molecule has 1 amide bonds. The van der Waals surface area contributed by atoms with Gasteiger partial charge in [-0.1, -0.05) is 45.7 Å². The first kappa shape index (κ1) is 13.6. The highest BCUT2D eigenvalue weighted by Gasteiger charge is 2.14. The largest absolute Gasteiger partial charge is 0.345 e. The van der Waals surface area contributed by atoms with Crippen LogP contribution in [-0.2, 0) is 0 Å². The van der Waals surface area contributed by atoms with E-state index in [9.17, 15) is 4.79 Å². The van der Waals surface area contributed by atoms with Crippen molar-refractivity contribution in [3.8, 4) is 0 Å². The van der Waals surface area contributed by atoms with Gasteiger partial charge in [0.25, 0.3) is 5.91 Å². The fourth-order valence-corrected chi connectivity index (χ4v) is 3.18. The van der Waals surface area contributed by atoms with Crippen molar-refractivity contribution in [2.75, 3.05) is 0 Å². The number of rotatable bonds is 3. The minimum atomic E-state index is -0.102. The molecule has 2 nitrogen and oxygen atoms in total. The number of thiophene rings is 1. The van der Waals surface area contributed by atoms with Gasteiger partial charge in [-0.05, 0) is 30.7 Å². The maximum Gasteiger partial charge on any atom is 0.261 e. The zero-order valence-corrected chi connectivity index (χ0v) is 12.8. The molecular weight excluding hydrogens is 334 g/mol. The topological polar surface area (TPSA) is 29.1 Å². The molecule has 0 spiro atoms. The van der Waals surface area contributed by atoms with E-state index in [1.165, 1.54) is 11.3 Å². The van der Waals surface area contributed by atoms with Gasteiger partial charge in [0.2, 0.25) is 0 Å². The molecule has 1 heterocycles. The third kappa shape index (κ3) is 3.13. The van der Waals surface area contributed by atoms with Gasteiger partial charge >= 0.3 is 0 Å². The smallest absolute Gasteiger partial charge is 0.261 e. The Morgan fingerprint density at radius 2 is 2.06 bits per heavy atom. The standard InChI is InChI=1S/C13H11BrClNOS/c1-8(9-4-2-3-5-10(9)14)16-13(17)11-6-7-12(15)18-11/h2-8H,1H3,(H,16,17)/t8-/m1/s1. The Labute approximate surface area is 123 Å². The van der Waals surface area contributed by atoms with Crippen molar-refractivity contribution >= 4 is 44.8 Å². The minimum Gasteiger partial charge on any atom is -0.345 e. The lowest BCUT2D eigenvalue weighted by molar-refractivity contribution is 0.0944. The molecule has 2 rings (SSSR count). The van der Waals surface area contributed by atoms with Crippen LogP contribution in [-0.4, -0.2) is 5.91 Å². The summed E-state index contributed by atoms with van der Waals surface area (Å²) in [6.07, 6.45) is 0. The second-order valence-electron chi connectivity index (χ2n) is 3.82. The molecule has 0 radical (unpaired) electrons. The molecule has 1 aromatic carbocycles. The van der Waals surface area contributed by atoms with Gasteiger partial charge in [-0.2, -0.15) is 0 Å². The summed E-state index contributed by atoms with van der Waals surface area (Å²) >= 11 is 10.6. The van der Waals surface area contributed by atoms with E-state index >= 15 is 0 Å². The lowest BCUT2D eigenvalue weighted by atomic mass is 10.1. The van der Waals surface area contributed by atoms with Gasteiger partial charge in [0.05, 0.1) is 15.3 Å². The van der Waals surface area contributed by atoms with E-state index in [1.54, 1.807) is 12.1 Å². The summed E-state index contributed by atoms with van der Waals surface area (Å²) in [5.41, 5.74) is 1.05. The fourth-order valence-electron chi connectivity index (χ4n) is 1.61. The molecule has 18 heavy (non-hydrogen) atoms. The second-order valence-corrected chi connectivity index (χ2v) is 6.39. The SMILES string of the molecule is C[C@@H](NC(=O)c1ccc(Cl)s1)c1ccccc1Br. The van der Waals surface area contributed by atoms with Crippen molar-refractivity contribution in [1.82, 2.24) is 5.32 Å². The van der Waals surface area contributed by atoms with Crippen molar-refractivity contribution in [1.29, 1.82) is 0 Å². The van der Waals surface area contributed by atoms with E-state index in [-0.39, 0.29) is 11.9 Å². The van der Waals surface area contributed by atoms with Crippen LogP contribution in [0.4, 0.5) is 0 Å². The summed E-state index contributed by atoms with van der Waals surface area (Å²) in [5, 5.41) is 2.95. The Hall–Kier alpha value is -0.840. The van der Waals surface area contributed by atoms with Gasteiger partial charge in [-0.15, -0.1) is 11.3 Å². The van der Waals surface area contributed by atoms with Gasteiger partial charge < -0.3 is 5.32 Å². The number of hydrogen-bond acceptors (Lipinski definition) is 2. The zero-order valence-electron chi connectivity index (χ0n) is 9.61. The first-order chi connectivity index (χ1) is 8.58. The van der Waals surface area contributed by atoms with Gasteiger partial charge in [0.1, 0.15) is 0 Å². The molecule has 2 aromatic rings. The maximum absolute atomic E-state index is 12.0. The quantitative estimate of drug-likeness (QED) is 0.862. The van der Waals surface area contributed by atoms with Crippen LogP contribution in [0, 0.1) is 0 Å². The van der Waals surface area contributed by atoms with Gasteiger partial charge in [0, 0.05) is 4.47 Å². The monoisotopic (exact) mass is 343 g/mol. The molecule has 94 valence electrons. The van der Waals surface area contributed by atoms with E-state index in [2.05, 4.69) is 21.2 Å². The predicted molar refractivity (Wildman–Crippen MR) is 79.4 cm³/mol. The molecule has 0 aliphatic heterocycles. The van der Waals surface area contributed by atoms with Crippen LogP contribution in [0.3, 0.4) is 0 Å². The zero-order chi connectivity index (χ0) is 13.1. The Bertz CT molecular complexity index is 570. The fraction of sp³-hybridized carbons (Fsp3) is 0.154. The van der Waals surface area contributed by atoms with Crippen LogP contribution in [0.1, 0.15) is 28.2 Å². The number of carbonyl (C=O) groups excluding carboxylic acids is 1. The highest BCUT2D eigenvalue weighted by Crippen LogP contribution is 2.25. The predicted octanol–water partition coefficient (Wildman–Crippen LogP) is 4.66. The minimum absolute atomic E-state index is 0.0612. The molecule has 1 N–H and O–H groups in total. The Kier molecular flexibility index (Phi) is 4.43. The third-order valence-electron chi connectivity index (χ3n) is 2.52. The molecular formula is C13H11BrClNOS. The van der Waals surface area contributed by atoms with Crippen LogP contribution in [0.5, 0.6) is 0 Å². The molecule has 1 atom stereocenters. The molecule has 0 saturated heterocycles. The van der Waals surface area contributed by atoms with Crippen LogP contribution >= 0.6 is 38.9 Å². The summed E-state index contributed by atoms with van der Waals surface area (Å²) in [5.74, 6) is -0.102. The lowest BCUT2D eigenvalue weighted by Gasteiger charge is -2.15. The van der Waals surface area contributed by atoms with E-state index in [4.69, 9.17) is 11.6 Å². The molecule has 1 aromatic heterocycles. The van der Waals surface area contributed by atoms with Crippen LogP contribution in [0.2, 0.25) is 4.34 Å². The summed E-state index contributed by atoms with van der Waals surface area (Å²) in [7, 11) is 0. The highest BCUT2D eigenvalue weighted by atomic mass is 79.9. The summed E-state index contributed by atoms with van der Waals surface area (Å²) in [6, 6.07) is 11.2. The third-order valence-corrected chi connectivity index (χ3v) is 4.47. The highest BCUT2D eigenvalue weighted by molar-refractivity contribution is 9.10. The first-order valence-corrected chi connectivity index (χ1v) is 7.37. The van der Waals surface area contributed by atoms with Crippen LogP contribution in [0.15, 0.2) is 40.9 Å². The van der Waals surface area contributed by atoms with Crippen molar-refractivity contribution in [3.05, 3.63) is 55.6 Å². The second kappa shape index (κ2) is 5.87. The van der Waals surface area contributed by atoms with Gasteiger partial charge in [-0.25, -0.2) is 0 Å². The molecule has 5 heteroatoms. The van der Waals surface area contributed by atoms with E-state index < -0.39 is 0 Å². The number of benzene rings is 1. The van der Waals surface area contributed by atoms with Crippen molar-refractivity contribution in [2.24, 2.45) is 0 Å². The Morgan fingerprint density at radius 3 is 2.67 bits per heavy atom.